The van der Waals surface area contributed by atoms with Crippen LogP contribution >= 0.6 is 11.3 Å². The molecule has 1 aromatic heterocycles. The van der Waals surface area contributed by atoms with E-state index in [1.807, 2.05) is 17.5 Å². The molecule has 6 heteroatoms. The van der Waals surface area contributed by atoms with E-state index in [2.05, 4.69) is 11.4 Å². The smallest absolute Gasteiger partial charge is 0.249 e. The Morgan fingerprint density at radius 2 is 2.33 bits per heavy atom. The molecule has 2 aliphatic rings. The topological polar surface area (TPSA) is 58.6 Å². The van der Waals surface area contributed by atoms with E-state index in [1.165, 1.54) is 18.4 Å². The largest absolute Gasteiger partial charge is 0.369 e. The third-order valence-corrected chi connectivity index (χ3v) is 5.40. The van der Waals surface area contributed by atoms with Crippen LogP contribution in [0.1, 0.15) is 37.0 Å². The number of nitrogens with zero attached hydrogens (tertiary/aromatic N) is 1. The van der Waals surface area contributed by atoms with Gasteiger partial charge in [0, 0.05) is 11.4 Å². The fraction of sp³-hybridized carbons (Fsp3) is 0.556. The number of hydrogen-bond acceptors (Lipinski definition) is 4. The average molecular weight is 348 g/mol. The van der Waals surface area contributed by atoms with Crippen molar-refractivity contribution in [1.29, 1.82) is 0 Å². The van der Waals surface area contributed by atoms with Crippen molar-refractivity contribution >= 4 is 23.2 Å². The summed E-state index contributed by atoms with van der Waals surface area (Å²) in [5.74, 6) is -0.235. The van der Waals surface area contributed by atoms with Crippen LogP contribution in [-0.2, 0) is 20.9 Å². The minimum absolute atomic E-state index is 0.0576. The van der Waals surface area contributed by atoms with Crippen LogP contribution in [0.15, 0.2) is 29.2 Å². The van der Waals surface area contributed by atoms with Gasteiger partial charge in [0.25, 0.3) is 0 Å². The molecule has 0 aromatic carbocycles. The van der Waals surface area contributed by atoms with Gasteiger partial charge in [-0.15, -0.1) is 11.3 Å². The summed E-state index contributed by atoms with van der Waals surface area (Å²) >= 11 is 1.60. The number of hydrogen-bond donors (Lipinski definition) is 1. The van der Waals surface area contributed by atoms with E-state index in [4.69, 9.17) is 4.74 Å². The first-order valence-electron chi connectivity index (χ1n) is 8.59. The second-order valence-electron chi connectivity index (χ2n) is 6.28. The van der Waals surface area contributed by atoms with Gasteiger partial charge < -0.3 is 15.0 Å². The third kappa shape index (κ3) is 4.45. The van der Waals surface area contributed by atoms with Crippen molar-refractivity contribution in [2.75, 3.05) is 19.8 Å². The maximum Gasteiger partial charge on any atom is 0.249 e. The Morgan fingerprint density at radius 3 is 3.08 bits per heavy atom. The Bertz CT molecular complexity index is 597. The van der Waals surface area contributed by atoms with Gasteiger partial charge in [-0.25, -0.2) is 0 Å². The molecule has 24 heavy (non-hydrogen) atoms. The number of thiophene rings is 1. The highest BCUT2D eigenvalue weighted by atomic mass is 32.1. The van der Waals surface area contributed by atoms with Crippen molar-refractivity contribution in [2.45, 2.75) is 44.7 Å². The maximum atomic E-state index is 12.5. The monoisotopic (exact) mass is 348 g/mol. The molecule has 1 saturated heterocycles. The van der Waals surface area contributed by atoms with Gasteiger partial charge in [0.05, 0.1) is 13.2 Å². The summed E-state index contributed by atoms with van der Waals surface area (Å²) < 4.78 is 5.30. The summed E-state index contributed by atoms with van der Waals surface area (Å²) in [5, 5.41) is 4.96. The van der Waals surface area contributed by atoms with E-state index < -0.39 is 6.04 Å². The highest BCUT2D eigenvalue weighted by molar-refractivity contribution is 7.09. The summed E-state index contributed by atoms with van der Waals surface area (Å²) in [4.78, 5) is 27.4. The van der Waals surface area contributed by atoms with Gasteiger partial charge in [-0.1, -0.05) is 17.7 Å². The first-order valence-corrected chi connectivity index (χ1v) is 9.47. The van der Waals surface area contributed by atoms with Gasteiger partial charge in [0.15, 0.2) is 0 Å². The molecule has 0 radical (unpaired) electrons. The SMILES string of the molecule is O=C(NCCC1=CCCCC1)C1COCC(=O)N1Cc1cccs1. The second kappa shape index (κ2) is 8.44. The number of amides is 2. The second-order valence-corrected chi connectivity index (χ2v) is 7.31. The molecule has 0 saturated carbocycles. The maximum absolute atomic E-state index is 12.5. The van der Waals surface area contributed by atoms with E-state index in [0.29, 0.717) is 13.1 Å². The predicted molar refractivity (Wildman–Crippen MR) is 93.7 cm³/mol. The molecule has 3 rings (SSSR count). The number of carbonyl (C=O) groups is 2. The molecule has 1 atom stereocenters. The zero-order valence-electron chi connectivity index (χ0n) is 13.8. The van der Waals surface area contributed by atoms with Gasteiger partial charge in [0.1, 0.15) is 12.6 Å². The average Bonchev–Trinajstić information content (AvgIpc) is 3.11. The fourth-order valence-corrected chi connectivity index (χ4v) is 3.89. The lowest BCUT2D eigenvalue weighted by atomic mass is 9.97. The number of ether oxygens (including phenoxy) is 1. The van der Waals surface area contributed by atoms with Gasteiger partial charge >= 0.3 is 0 Å². The van der Waals surface area contributed by atoms with Crippen LogP contribution < -0.4 is 5.32 Å². The quantitative estimate of drug-likeness (QED) is 0.804. The summed E-state index contributed by atoms with van der Waals surface area (Å²) in [5.41, 5.74) is 1.44. The number of carbonyl (C=O) groups excluding carboxylic acids is 2. The standard InChI is InChI=1S/C18H24N2O3S/c21-17-13-23-12-16(20(17)11-15-7-4-10-24-15)18(22)19-9-8-14-5-2-1-3-6-14/h4-5,7,10,16H,1-3,6,8-9,11-13H2,(H,19,22). The first-order chi connectivity index (χ1) is 11.7. The van der Waals surface area contributed by atoms with Crippen LogP contribution in [0.5, 0.6) is 0 Å². The molecule has 2 heterocycles. The molecule has 2 amide bonds. The Hall–Kier alpha value is -1.66. The Labute approximate surface area is 146 Å². The van der Waals surface area contributed by atoms with Crippen molar-refractivity contribution in [3.8, 4) is 0 Å². The van der Waals surface area contributed by atoms with Crippen LogP contribution in [-0.4, -0.2) is 42.5 Å². The molecule has 130 valence electrons. The lowest BCUT2D eigenvalue weighted by molar-refractivity contribution is -0.155. The molecule has 1 aliphatic carbocycles. The molecule has 1 aliphatic heterocycles. The van der Waals surface area contributed by atoms with Crippen molar-refractivity contribution in [3.05, 3.63) is 34.0 Å². The summed E-state index contributed by atoms with van der Waals surface area (Å²) in [6.07, 6.45) is 8.02. The van der Waals surface area contributed by atoms with Gasteiger partial charge in [0.2, 0.25) is 11.8 Å². The van der Waals surface area contributed by atoms with Crippen LogP contribution in [0.3, 0.4) is 0 Å². The van der Waals surface area contributed by atoms with Crippen LogP contribution in [0, 0.1) is 0 Å². The molecule has 1 N–H and O–H groups in total. The van der Waals surface area contributed by atoms with E-state index in [9.17, 15) is 9.59 Å². The van der Waals surface area contributed by atoms with Crippen molar-refractivity contribution in [2.24, 2.45) is 0 Å². The van der Waals surface area contributed by atoms with Crippen molar-refractivity contribution in [3.63, 3.8) is 0 Å². The fourth-order valence-electron chi connectivity index (χ4n) is 3.19. The van der Waals surface area contributed by atoms with Gasteiger partial charge in [-0.2, -0.15) is 0 Å². The lowest BCUT2D eigenvalue weighted by Crippen LogP contribution is -2.55. The highest BCUT2D eigenvalue weighted by Crippen LogP contribution is 2.20. The number of morpholine rings is 1. The zero-order chi connectivity index (χ0) is 16.8. The third-order valence-electron chi connectivity index (χ3n) is 4.54. The minimum atomic E-state index is -0.534. The van der Waals surface area contributed by atoms with E-state index in [0.717, 1.165) is 24.1 Å². The lowest BCUT2D eigenvalue weighted by Gasteiger charge is -2.34. The molecule has 0 spiro atoms. The molecule has 1 fully saturated rings. The molecular formula is C18H24N2O3S. The summed E-state index contributed by atoms with van der Waals surface area (Å²) in [6, 6.07) is 3.41. The van der Waals surface area contributed by atoms with E-state index in [1.54, 1.807) is 16.2 Å². The van der Waals surface area contributed by atoms with Gasteiger partial charge in [-0.3, -0.25) is 9.59 Å². The molecule has 5 nitrogen and oxygen atoms in total. The Kier molecular flexibility index (Phi) is 6.04. The Balaban J connectivity index is 1.54. The van der Waals surface area contributed by atoms with Crippen LogP contribution in [0.4, 0.5) is 0 Å². The molecule has 0 bridgehead atoms. The summed E-state index contributed by atoms with van der Waals surface area (Å²) in [7, 11) is 0. The number of rotatable bonds is 6. The normalized spacial score (nSPS) is 21.5. The van der Waals surface area contributed by atoms with E-state index >= 15 is 0 Å². The Morgan fingerprint density at radius 1 is 1.42 bits per heavy atom. The van der Waals surface area contributed by atoms with Crippen LogP contribution in [0.25, 0.3) is 0 Å². The number of allylic oxidation sites excluding steroid dienone is 1. The van der Waals surface area contributed by atoms with Crippen molar-refractivity contribution < 1.29 is 14.3 Å². The van der Waals surface area contributed by atoms with Crippen LogP contribution in [0.2, 0.25) is 0 Å². The minimum Gasteiger partial charge on any atom is -0.369 e. The first kappa shape index (κ1) is 17.2. The predicted octanol–water partition coefficient (Wildman–Crippen LogP) is 2.48. The molecule has 1 unspecified atom stereocenters. The summed E-state index contributed by atoms with van der Waals surface area (Å²) in [6.45, 7) is 1.43. The molecular weight excluding hydrogens is 324 g/mol. The van der Waals surface area contributed by atoms with Crippen molar-refractivity contribution in [1.82, 2.24) is 10.2 Å². The number of nitrogens with one attached hydrogen (secondary N) is 1. The van der Waals surface area contributed by atoms with E-state index in [-0.39, 0.29) is 25.0 Å². The van der Waals surface area contributed by atoms with Gasteiger partial charge in [-0.05, 0) is 43.6 Å². The zero-order valence-corrected chi connectivity index (χ0v) is 14.6. The highest BCUT2D eigenvalue weighted by Gasteiger charge is 2.34. The molecule has 1 aromatic rings.